The highest BCUT2D eigenvalue weighted by Gasteiger charge is 2.54. The third kappa shape index (κ3) is 4.90. The molecule has 0 aromatic carbocycles. The van der Waals surface area contributed by atoms with E-state index in [9.17, 15) is 31.2 Å². The van der Waals surface area contributed by atoms with Crippen molar-refractivity contribution in [1.82, 2.24) is 25.0 Å². The Morgan fingerprint density at radius 3 is 2.47 bits per heavy atom. The van der Waals surface area contributed by atoms with E-state index in [-0.39, 0.29) is 31.7 Å². The van der Waals surface area contributed by atoms with Crippen LogP contribution in [0, 0.1) is 11.8 Å². The van der Waals surface area contributed by atoms with Gasteiger partial charge in [0, 0.05) is 44.2 Å². The molecule has 13 heteroatoms. The van der Waals surface area contributed by atoms with E-state index in [0.29, 0.717) is 13.1 Å². The lowest BCUT2D eigenvalue weighted by Gasteiger charge is -2.48. The third-order valence-electron chi connectivity index (χ3n) is 7.03. The minimum absolute atomic E-state index is 0.000319. The summed E-state index contributed by atoms with van der Waals surface area (Å²) < 4.78 is 68.3. The molecule has 0 spiro atoms. The van der Waals surface area contributed by atoms with E-state index in [4.69, 9.17) is 0 Å². The quantitative estimate of drug-likeness (QED) is 0.584. The lowest BCUT2D eigenvalue weighted by Crippen LogP contribution is -2.66. The maximum atomic E-state index is 13.3. The zero-order valence-corrected chi connectivity index (χ0v) is 19.0. The van der Waals surface area contributed by atoms with E-state index < -0.39 is 57.4 Å². The molecule has 4 aliphatic rings. The van der Waals surface area contributed by atoms with Crippen molar-refractivity contribution in [2.24, 2.45) is 11.8 Å². The van der Waals surface area contributed by atoms with Crippen molar-refractivity contribution in [3.05, 3.63) is 0 Å². The molecule has 0 bridgehead atoms. The van der Waals surface area contributed by atoms with Gasteiger partial charge in [0.15, 0.2) is 0 Å². The van der Waals surface area contributed by atoms with Crippen molar-refractivity contribution in [1.29, 1.82) is 0 Å². The highest BCUT2D eigenvalue weighted by atomic mass is 32.2. The zero-order valence-electron chi connectivity index (χ0n) is 18.2. The first-order valence-electron chi connectivity index (χ1n) is 10.9. The number of carbonyl (C=O) groups is 2. The van der Waals surface area contributed by atoms with Crippen LogP contribution >= 0.6 is 0 Å². The second-order valence-electron chi connectivity index (χ2n) is 9.90. The molecule has 2 saturated heterocycles. The Morgan fingerprint density at radius 1 is 1.22 bits per heavy atom. The maximum Gasteiger partial charge on any atom is 0.406 e. The van der Waals surface area contributed by atoms with Gasteiger partial charge in [-0.15, -0.1) is 0 Å². The van der Waals surface area contributed by atoms with E-state index in [2.05, 4.69) is 10.1 Å². The number of urea groups is 1. The van der Waals surface area contributed by atoms with E-state index in [0.717, 1.165) is 22.6 Å². The number of hydrazine groups is 1. The summed E-state index contributed by atoms with van der Waals surface area (Å²) in [5.74, 6) is -1.65. The second kappa shape index (κ2) is 8.10. The number of hydrogen-bond donors (Lipinski definition) is 2. The summed E-state index contributed by atoms with van der Waals surface area (Å²) in [6.07, 6.45) is -3.09. The number of amides is 3. The lowest BCUT2D eigenvalue weighted by molar-refractivity contribution is -0.161. The Balaban J connectivity index is 1.56. The number of fused-ring (bicyclic) bond motifs is 1. The molecule has 4 unspecified atom stereocenters. The fourth-order valence-corrected chi connectivity index (χ4v) is 7.04. The number of nitrogens with one attached hydrogen (secondary N) is 2. The summed E-state index contributed by atoms with van der Waals surface area (Å²) in [5, 5.41) is 0.930. The first kappa shape index (κ1) is 23.7. The van der Waals surface area contributed by atoms with Crippen LogP contribution in [0.3, 0.4) is 0 Å². The predicted octanol–water partition coefficient (Wildman–Crippen LogP) is 0.888. The number of carbonyl (C=O) groups excluding carboxylic acids is 2. The molecular weight excluding hydrogens is 451 g/mol. The van der Waals surface area contributed by atoms with Crippen molar-refractivity contribution < 1.29 is 31.2 Å². The summed E-state index contributed by atoms with van der Waals surface area (Å²) in [6.45, 7) is 1.40. The van der Waals surface area contributed by atoms with Crippen molar-refractivity contribution in [2.45, 2.75) is 62.0 Å². The third-order valence-corrected chi connectivity index (χ3v) is 9.11. The van der Waals surface area contributed by atoms with Gasteiger partial charge < -0.3 is 4.90 Å². The van der Waals surface area contributed by atoms with E-state index >= 15 is 0 Å². The fourth-order valence-electron chi connectivity index (χ4n) is 5.07. The topological polar surface area (TPSA) is 102 Å². The fraction of sp³-hybridized carbons (Fsp3) is 0.895. The molecule has 4 atom stereocenters. The predicted molar refractivity (Wildman–Crippen MR) is 109 cm³/mol. The van der Waals surface area contributed by atoms with Crippen molar-refractivity contribution in [3.63, 3.8) is 0 Å². The monoisotopic (exact) mass is 481 g/mol. The minimum atomic E-state index is -4.62. The van der Waals surface area contributed by atoms with Crippen LogP contribution in [0.1, 0.15) is 39.0 Å². The van der Waals surface area contributed by atoms with Gasteiger partial charge in [-0.1, -0.05) is 0 Å². The molecule has 2 heterocycles. The zero-order chi connectivity index (χ0) is 23.5. The Hall–Kier alpha value is -1.44. The van der Waals surface area contributed by atoms with Crippen molar-refractivity contribution in [2.75, 3.05) is 33.2 Å². The molecule has 4 fully saturated rings. The van der Waals surface area contributed by atoms with Gasteiger partial charge in [0.1, 0.15) is 6.54 Å². The number of alkyl halides is 3. The van der Waals surface area contributed by atoms with Gasteiger partial charge in [0.05, 0.1) is 11.2 Å². The lowest BCUT2D eigenvalue weighted by atomic mass is 9.80. The standard InChI is InChI=1S/C19H30F3N5O4S/c1-18(5-6-18)24-32(30,31)13-3-4-15-14(7-13)16(28)26(10-12-8-23-25(2)9-12)17(29)27(15)11-19(20,21)22/h12-15,23-24H,3-11H2,1-2H3. The number of nitrogens with zero attached hydrogens (tertiary/aromatic N) is 3. The number of imide groups is 1. The van der Waals surface area contributed by atoms with Crippen LogP contribution in [0.2, 0.25) is 0 Å². The van der Waals surface area contributed by atoms with Crippen molar-refractivity contribution in [3.8, 4) is 0 Å². The van der Waals surface area contributed by atoms with Crippen LogP contribution in [0.4, 0.5) is 18.0 Å². The molecule has 0 aromatic rings. The van der Waals surface area contributed by atoms with E-state index in [1.165, 1.54) is 0 Å². The number of sulfonamides is 1. The van der Waals surface area contributed by atoms with Crippen LogP contribution in [0.5, 0.6) is 0 Å². The van der Waals surface area contributed by atoms with Gasteiger partial charge in [0.2, 0.25) is 15.9 Å². The largest absolute Gasteiger partial charge is 0.406 e. The summed E-state index contributed by atoms with van der Waals surface area (Å²) in [4.78, 5) is 27.9. The average molecular weight is 482 g/mol. The maximum absolute atomic E-state index is 13.3. The smallest absolute Gasteiger partial charge is 0.311 e. The van der Waals surface area contributed by atoms with Crippen LogP contribution < -0.4 is 10.1 Å². The molecule has 2 N–H and O–H groups in total. The highest BCUT2D eigenvalue weighted by molar-refractivity contribution is 7.90. The molecule has 2 saturated carbocycles. The normalized spacial score (nSPS) is 33.5. The molecule has 2 aliphatic carbocycles. The van der Waals surface area contributed by atoms with Gasteiger partial charge in [-0.05, 0) is 39.0 Å². The first-order chi connectivity index (χ1) is 14.8. The van der Waals surface area contributed by atoms with Gasteiger partial charge in [-0.3, -0.25) is 15.1 Å². The Bertz CT molecular complexity index is 879. The molecule has 182 valence electrons. The second-order valence-corrected chi connectivity index (χ2v) is 11.9. The molecule has 32 heavy (non-hydrogen) atoms. The summed E-state index contributed by atoms with van der Waals surface area (Å²) in [5.41, 5.74) is 2.58. The Labute approximate surface area is 185 Å². The number of rotatable bonds is 6. The highest BCUT2D eigenvalue weighted by Crippen LogP contribution is 2.41. The Morgan fingerprint density at radius 2 is 1.91 bits per heavy atom. The Kier molecular flexibility index (Phi) is 6.00. The number of hydrogen-bond acceptors (Lipinski definition) is 6. The molecule has 0 radical (unpaired) electrons. The minimum Gasteiger partial charge on any atom is -0.311 e. The molecule has 0 aromatic heterocycles. The van der Waals surface area contributed by atoms with Gasteiger partial charge >= 0.3 is 12.2 Å². The summed E-state index contributed by atoms with van der Waals surface area (Å²) in [6, 6.07) is -1.88. The molecular formula is C19H30F3N5O4S. The van der Waals surface area contributed by atoms with E-state index in [1.807, 2.05) is 0 Å². The average Bonchev–Trinajstić information content (AvgIpc) is 3.25. The SMILES string of the molecule is CN1CC(CN2C(=O)C3CC(S(=O)(=O)NC4(C)CC4)CCC3N(CC(F)(F)F)C2=O)CN1. The van der Waals surface area contributed by atoms with Crippen LogP contribution in [0.15, 0.2) is 0 Å². The van der Waals surface area contributed by atoms with Crippen LogP contribution in [-0.4, -0.2) is 91.4 Å². The van der Waals surface area contributed by atoms with Crippen LogP contribution in [0.25, 0.3) is 0 Å². The molecule has 9 nitrogen and oxygen atoms in total. The van der Waals surface area contributed by atoms with Gasteiger partial charge in [-0.2, -0.15) is 13.2 Å². The molecule has 2 aliphatic heterocycles. The van der Waals surface area contributed by atoms with E-state index in [1.54, 1.807) is 19.0 Å². The van der Waals surface area contributed by atoms with Gasteiger partial charge in [-0.25, -0.2) is 22.9 Å². The van der Waals surface area contributed by atoms with Crippen molar-refractivity contribution >= 4 is 22.0 Å². The first-order valence-corrected chi connectivity index (χ1v) is 12.5. The van der Waals surface area contributed by atoms with Gasteiger partial charge in [0.25, 0.3) is 0 Å². The van der Waals surface area contributed by atoms with Crippen LogP contribution in [-0.2, 0) is 14.8 Å². The molecule has 3 amide bonds. The number of halogens is 3. The molecule has 4 rings (SSSR count). The summed E-state index contributed by atoms with van der Waals surface area (Å²) >= 11 is 0. The summed E-state index contributed by atoms with van der Waals surface area (Å²) in [7, 11) is -1.93.